The van der Waals surface area contributed by atoms with Crippen molar-refractivity contribution in [1.29, 1.82) is 0 Å². The SMILES string of the molecule is CCC(C)c1ccc(-n2c(-c3ccc(N4CCCCC4)nc3)nc3ccccc3c2=O)cc1. The molecule has 3 heterocycles. The van der Waals surface area contributed by atoms with Gasteiger partial charge in [0.1, 0.15) is 11.6 Å². The zero-order chi connectivity index (χ0) is 22.8. The van der Waals surface area contributed by atoms with Gasteiger partial charge in [-0.15, -0.1) is 0 Å². The van der Waals surface area contributed by atoms with Crippen LogP contribution in [0.25, 0.3) is 28.0 Å². The van der Waals surface area contributed by atoms with Crippen LogP contribution in [0.4, 0.5) is 5.82 Å². The fourth-order valence-corrected chi connectivity index (χ4v) is 4.58. The molecule has 0 aliphatic carbocycles. The van der Waals surface area contributed by atoms with Gasteiger partial charge in [-0.1, -0.05) is 38.1 Å². The average molecular weight is 439 g/mol. The lowest BCUT2D eigenvalue weighted by Gasteiger charge is -2.27. The van der Waals surface area contributed by atoms with E-state index < -0.39 is 0 Å². The molecule has 2 aromatic heterocycles. The molecule has 33 heavy (non-hydrogen) atoms. The van der Waals surface area contributed by atoms with Gasteiger partial charge in [0.25, 0.3) is 5.56 Å². The molecule has 4 aromatic rings. The number of pyridine rings is 1. The third-order valence-electron chi connectivity index (χ3n) is 6.79. The van der Waals surface area contributed by atoms with Crippen molar-refractivity contribution in [1.82, 2.24) is 14.5 Å². The van der Waals surface area contributed by atoms with E-state index in [0.717, 1.165) is 36.6 Å². The molecule has 0 N–H and O–H groups in total. The van der Waals surface area contributed by atoms with Crippen molar-refractivity contribution in [3.63, 3.8) is 0 Å². The maximum Gasteiger partial charge on any atom is 0.266 e. The number of hydrogen-bond donors (Lipinski definition) is 0. The molecule has 0 radical (unpaired) electrons. The molecule has 1 saturated heterocycles. The fraction of sp³-hybridized carbons (Fsp3) is 0.321. The first-order valence-corrected chi connectivity index (χ1v) is 12.0. The van der Waals surface area contributed by atoms with E-state index in [0.29, 0.717) is 22.6 Å². The van der Waals surface area contributed by atoms with Crippen molar-refractivity contribution < 1.29 is 0 Å². The summed E-state index contributed by atoms with van der Waals surface area (Å²) >= 11 is 0. The van der Waals surface area contributed by atoms with E-state index in [4.69, 9.17) is 9.97 Å². The Morgan fingerprint density at radius 2 is 1.70 bits per heavy atom. The summed E-state index contributed by atoms with van der Waals surface area (Å²) in [6.45, 7) is 6.51. The van der Waals surface area contributed by atoms with E-state index in [-0.39, 0.29) is 5.56 Å². The summed E-state index contributed by atoms with van der Waals surface area (Å²) in [7, 11) is 0. The fourth-order valence-electron chi connectivity index (χ4n) is 4.58. The molecule has 0 amide bonds. The lowest BCUT2D eigenvalue weighted by atomic mass is 9.98. The van der Waals surface area contributed by atoms with Gasteiger partial charge in [0, 0.05) is 24.8 Å². The second kappa shape index (κ2) is 9.18. The molecule has 1 fully saturated rings. The summed E-state index contributed by atoms with van der Waals surface area (Å²) in [5.74, 6) is 2.09. The number of benzene rings is 2. The van der Waals surface area contributed by atoms with Gasteiger partial charge >= 0.3 is 0 Å². The van der Waals surface area contributed by atoms with E-state index in [1.807, 2.05) is 48.7 Å². The maximum atomic E-state index is 13.6. The topological polar surface area (TPSA) is 51.0 Å². The lowest BCUT2D eigenvalue weighted by molar-refractivity contribution is 0.573. The van der Waals surface area contributed by atoms with E-state index >= 15 is 0 Å². The molecule has 1 aliphatic heterocycles. The van der Waals surface area contributed by atoms with Gasteiger partial charge in [0.2, 0.25) is 0 Å². The predicted octanol–water partition coefficient (Wildman–Crippen LogP) is 5.95. The number of hydrogen-bond acceptors (Lipinski definition) is 4. The average Bonchev–Trinajstić information content (AvgIpc) is 2.89. The van der Waals surface area contributed by atoms with Crippen molar-refractivity contribution in [2.24, 2.45) is 0 Å². The van der Waals surface area contributed by atoms with Crippen LogP contribution in [0.2, 0.25) is 0 Å². The molecule has 5 nitrogen and oxygen atoms in total. The van der Waals surface area contributed by atoms with E-state index in [9.17, 15) is 4.79 Å². The third-order valence-corrected chi connectivity index (χ3v) is 6.79. The summed E-state index contributed by atoms with van der Waals surface area (Å²) in [5.41, 5.74) is 3.57. The van der Waals surface area contributed by atoms with Gasteiger partial charge in [0.05, 0.1) is 16.6 Å². The molecule has 0 spiro atoms. The Kier molecular flexibility index (Phi) is 5.95. The van der Waals surface area contributed by atoms with Crippen LogP contribution >= 0.6 is 0 Å². The number of nitrogens with zero attached hydrogens (tertiary/aromatic N) is 4. The number of piperidine rings is 1. The van der Waals surface area contributed by atoms with Crippen molar-refractivity contribution >= 4 is 16.7 Å². The predicted molar refractivity (Wildman–Crippen MR) is 135 cm³/mol. The largest absolute Gasteiger partial charge is 0.357 e. The number of rotatable bonds is 5. The van der Waals surface area contributed by atoms with E-state index in [2.05, 4.69) is 36.9 Å². The first-order chi connectivity index (χ1) is 16.2. The van der Waals surface area contributed by atoms with E-state index in [1.165, 1.54) is 24.8 Å². The summed E-state index contributed by atoms with van der Waals surface area (Å²) in [5, 5.41) is 0.616. The smallest absolute Gasteiger partial charge is 0.266 e. The molecular formula is C28H30N4O. The zero-order valence-corrected chi connectivity index (χ0v) is 19.4. The number of aromatic nitrogens is 3. The normalized spacial score (nSPS) is 15.0. The van der Waals surface area contributed by atoms with Crippen LogP contribution in [0.5, 0.6) is 0 Å². The molecule has 168 valence electrons. The third kappa shape index (κ3) is 4.15. The maximum absolute atomic E-state index is 13.6. The summed E-state index contributed by atoms with van der Waals surface area (Å²) < 4.78 is 1.72. The van der Waals surface area contributed by atoms with Crippen molar-refractivity contribution in [3.8, 4) is 17.1 Å². The second-order valence-corrected chi connectivity index (χ2v) is 8.95. The van der Waals surface area contributed by atoms with Crippen molar-refractivity contribution in [2.75, 3.05) is 18.0 Å². The van der Waals surface area contributed by atoms with Gasteiger partial charge < -0.3 is 4.90 Å². The van der Waals surface area contributed by atoms with Gasteiger partial charge in [-0.25, -0.2) is 9.97 Å². The highest BCUT2D eigenvalue weighted by molar-refractivity contribution is 5.80. The second-order valence-electron chi connectivity index (χ2n) is 8.95. The molecule has 5 heteroatoms. The van der Waals surface area contributed by atoms with E-state index in [1.54, 1.807) is 4.57 Å². The standard InChI is InChI=1S/C28H30N4O/c1-3-20(2)21-11-14-23(15-12-21)32-27(30-25-10-6-5-9-24(25)28(32)33)22-13-16-26(29-19-22)31-17-7-4-8-18-31/h5-6,9-16,19-20H,3-4,7-8,17-18H2,1-2H3. The Morgan fingerprint density at radius 3 is 2.39 bits per heavy atom. The molecule has 1 atom stereocenters. The Morgan fingerprint density at radius 1 is 0.939 bits per heavy atom. The quantitative estimate of drug-likeness (QED) is 0.386. The first kappa shape index (κ1) is 21.4. The van der Waals surface area contributed by atoms with Gasteiger partial charge in [-0.2, -0.15) is 0 Å². The van der Waals surface area contributed by atoms with Crippen LogP contribution in [0, 0.1) is 0 Å². The van der Waals surface area contributed by atoms with Crippen LogP contribution in [0.15, 0.2) is 71.7 Å². The molecule has 1 unspecified atom stereocenters. The van der Waals surface area contributed by atoms with Crippen LogP contribution < -0.4 is 10.5 Å². The first-order valence-electron chi connectivity index (χ1n) is 12.0. The van der Waals surface area contributed by atoms with Crippen molar-refractivity contribution in [2.45, 2.75) is 45.4 Å². The highest BCUT2D eigenvalue weighted by Crippen LogP contribution is 2.26. The molecule has 1 aliphatic rings. The molecule has 2 aromatic carbocycles. The van der Waals surface area contributed by atoms with Gasteiger partial charge in [-0.3, -0.25) is 9.36 Å². The molecule has 0 saturated carbocycles. The summed E-state index contributed by atoms with van der Waals surface area (Å²) in [4.78, 5) is 25.6. The Balaban J connectivity index is 1.63. The number of anilines is 1. The molecular weight excluding hydrogens is 408 g/mol. The number of para-hydroxylation sites is 1. The van der Waals surface area contributed by atoms with Gasteiger partial charge in [-0.05, 0) is 73.6 Å². The van der Waals surface area contributed by atoms with Crippen LogP contribution in [-0.4, -0.2) is 27.6 Å². The summed E-state index contributed by atoms with van der Waals surface area (Å²) in [6, 6.07) is 19.9. The van der Waals surface area contributed by atoms with Crippen molar-refractivity contribution in [3.05, 3.63) is 82.8 Å². The van der Waals surface area contributed by atoms with Crippen LogP contribution in [0.3, 0.4) is 0 Å². The zero-order valence-electron chi connectivity index (χ0n) is 19.4. The highest BCUT2D eigenvalue weighted by Gasteiger charge is 2.17. The minimum absolute atomic E-state index is 0.0630. The van der Waals surface area contributed by atoms with Gasteiger partial charge in [0.15, 0.2) is 0 Å². The number of fused-ring (bicyclic) bond motifs is 1. The lowest BCUT2D eigenvalue weighted by Crippen LogP contribution is -2.30. The highest BCUT2D eigenvalue weighted by atomic mass is 16.1. The monoisotopic (exact) mass is 438 g/mol. The molecule has 5 rings (SSSR count). The minimum atomic E-state index is -0.0630. The van der Waals surface area contributed by atoms with Crippen LogP contribution in [0.1, 0.15) is 51.0 Å². The Hall–Kier alpha value is -3.47. The molecule has 0 bridgehead atoms. The van der Waals surface area contributed by atoms with Crippen LogP contribution in [-0.2, 0) is 0 Å². The Labute approximate surface area is 194 Å². The minimum Gasteiger partial charge on any atom is -0.357 e. The summed E-state index contributed by atoms with van der Waals surface area (Å²) in [6.07, 6.45) is 6.64. The Bertz CT molecular complexity index is 1300.